The molecule has 0 amide bonds. The van der Waals surface area contributed by atoms with E-state index in [1.165, 1.54) is 12.8 Å². The first-order chi connectivity index (χ1) is 9.92. The molecule has 0 aromatic carbocycles. The third-order valence-corrected chi connectivity index (χ3v) is 4.96. The van der Waals surface area contributed by atoms with Gasteiger partial charge in [0.2, 0.25) is 0 Å². The van der Waals surface area contributed by atoms with E-state index in [1.807, 2.05) is 4.68 Å². The fourth-order valence-corrected chi connectivity index (χ4v) is 3.35. The highest BCUT2D eigenvalue weighted by atomic mass is 16.5. The highest BCUT2D eigenvalue weighted by molar-refractivity contribution is 5.02. The molecule has 0 radical (unpaired) electrons. The number of ether oxygens (including phenoxy) is 1. The average Bonchev–Trinajstić information content (AvgIpc) is 2.89. The summed E-state index contributed by atoms with van der Waals surface area (Å²) in [7, 11) is 0. The zero-order valence-electron chi connectivity index (χ0n) is 13.9. The maximum Gasteiger partial charge on any atom is 0.138 e. The summed E-state index contributed by atoms with van der Waals surface area (Å²) in [5.74, 6) is 0.967. The number of hydrogen-bond donors (Lipinski definition) is 1. The van der Waals surface area contributed by atoms with Gasteiger partial charge in [-0.05, 0) is 44.9 Å². The molecule has 5 heteroatoms. The minimum atomic E-state index is -0.200. The van der Waals surface area contributed by atoms with E-state index in [-0.39, 0.29) is 11.6 Å². The molecule has 1 fully saturated rings. The summed E-state index contributed by atoms with van der Waals surface area (Å²) in [6.07, 6.45) is 6.75. The molecule has 0 aliphatic heterocycles. The first-order valence-electron chi connectivity index (χ1n) is 8.18. The molecule has 5 nitrogen and oxygen atoms in total. The van der Waals surface area contributed by atoms with Gasteiger partial charge in [-0.2, -0.15) is 5.10 Å². The van der Waals surface area contributed by atoms with Gasteiger partial charge in [-0.25, -0.2) is 4.98 Å². The molecule has 1 atom stereocenters. The van der Waals surface area contributed by atoms with Crippen molar-refractivity contribution in [1.82, 2.24) is 14.8 Å². The largest absolute Gasteiger partial charge is 0.374 e. The monoisotopic (exact) mass is 294 g/mol. The average molecular weight is 294 g/mol. The molecule has 1 heterocycles. The Hall–Kier alpha value is -0.940. The van der Waals surface area contributed by atoms with Crippen LogP contribution in [0.3, 0.4) is 0 Å². The van der Waals surface area contributed by atoms with Gasteiger partial charge in [0, 0.05) is 25.6 Å². The number of nitrogens with zero attached hydrogens (tertiary/aromatic N) is 3. The third kappa shape index (κ3) is 3.64. The van der Waals surface area contributed by atoms with Gasteiger partial charge < -0.3 is 10.5 Å². The van der Waals surface area contributed by atoms with Gasteiger partial charge in [-0.1, -0.05) is 13.8 Å². The zero-order chi connectivity index (χ0) is 15.5. The van der Waals surface area contributed by atoms with Gasteiger partial charge in [-0.3, -0.25) is 4.68 Å². The highest BCUT2D eigenvalue weighted by Gasteiger charge is 2.43. The lowest BCUT2D eigenvalue weighted by Gasteiger charge is -2.46. The van der Waals surface area contributed by atoms with Crippen LogP contribution in [0.4, 0.5) is 0 Å². The molecule has 1 aliphatic rings. The second-order valence-electron chi connectivity index (χ2n) is 6.96. The van der Waals surface area contributed by atoms with E-state index in [2.05, 4.69) is 37.8 Å². The number of hydrogen-bond acceptors (Lipinski definition) is 4. The van der Waals surface area contributed by atoms with Crippen LogP contribution in [0.1, 0.15) is 59.2 Å². The molecule has 120 valence electrons. The molecule has 1 aromatic rings. The molecular formula is C16H30N4O. The summed E-state index contributed by atoms with van der Waals surface area (Å²) in [6.45, 7) is 10.4. The predicted molar refractivity (Wildman–Crippen MR) is 84.0 cm³/mol. The molecule has 1 saturated carbocycles. The summed E-state index contributed by atoms with van der Waals surface area (Å²) >= 11 is 0. The smallest absolute Gasteiger partial charge is 0.138 e. The first-order valence-corrected chi connectivity index (χ1v) is 8.18. The van der Waals surface area contributed by atoms with Crippen molar-refractivity contribution in [2.45, 2.75) is 78.0 Å². The van der Waals surface area contributed by atoms with Crippen LogP contribution in [-0.4, -0.2) is 33.0 Å². The Kier molecular flexibility index (Phi) is 5.04. The van der Waals surface area contributed by atoms with Crippen molar-refractivity contribution < 1.29 is 4.74 Å². The second kappa shape index (κ2) is 6.44. The van der Waals surface area contributed by atoms with E-state index in [0.717, 1.165) is 31.6 Å². The van der Waals surface area contributed by atoms with Crippen LogP contribution in [-0.2, 0) is 17.7 Å². The molecule has 21 heavy (non-hydrogen) atoms. The molecular weight excluding hydrogens is 264 g/mol. The van der Waals surface area contributed by atoms with Gasteiger partial charge in [0.25, 0.3) is 0 Å². The number of aryl methyl sites for hydroxylation is 1. The summed E-state index contributed by atoms with van der Waals surface area (Å²) in [6, 6.07) is -0.0250. The third-order valence-electron chi connectivity index (χ3n) is 4.96. The van der Waals surface area contributed by atoms with Gasteiger partial charge >= 0.3 is 0 Å². The van der Waals surface area contributed by atoms with Crippen LogP contribution in [0.5, 0.6) is 0 Å². The Morgan fingerprint density at radius 3 is 2.52 bits per heavy atom. The van der Waals surface area contributed by atoms with E-state index < -0.39 is 0 Å². The molecule has 0 spiro atoms. The molecule has 1 unspecified atom stereocenters. The molecule has 0 bridgehead atoms. The Bertz CT molecular complexity index is 445. The Labute approximate surface area is 128 Å². The molecule has 2 rings (SSSR count). The number of rotatable bonds is 6. The first kappa shape index (κ1) is 16.4. The van der Waals surface area contributed by atoms with Crippen molar-refractivity contribution in [2.75, 3.05) is 6.61 Å². The van der Waals surface area contributed by atoms with Gasteiger partial charge in [0.05, 0.1) is 5.60 Å². The lowest BCUT2D eigenvalue weighted by molar-refractivity contribution is -0.0991. The van der Waals surface area contributed by atoms with Crippen LogP contribution in [0.15, 0.2) is 6.33 Å². The summed E-state index contributed by atoms with van der Waals surface area (Å²) in [5.41, 5.74) is 6.77. The van der Waals surface area contributed by atoms with Crippen molar-refractivity contribution >= 4 is 0 Å². The van der Waals surface area contributed by atoms with E-state index in [0.29, 0.717) is 12.0 Å². The molecule has 1 aliphatic carbocycles. The summed E-state index contributed by atoms with van der Waals surface area (Å²) < 4.78 is 8.09. The lowest BCUT2D eigenvalue weighted by atomic mass is 9.68. The second-order valence-corrected chi connectivity index (χ2v) is 6.96. The Balaban J connectivity index is 2.11. The Morgan fingerprint density at radius 2 is 1.95 bits per heavy atom. The molecule has 0 saturated heterocycles. The van der Waals surface area contributed by atoms with E-state index in [1.54, 1.807) is 6.33 Å². The summed E-state index contributed by atoms with van der Waals surface area (Å²) in [4.78, 5) is 4.36. The maximum absolute atomic E-state index is 6.57. The lowest BCUT2D eigenvalue weighted by Crippen LogP contribution is -2.54. The topological polar surface area (TPSA) is 66.0 Å². The normalized spacial score (nSPS) is 22.1. The summed E-state index contributed by atoms with van der Waals surface area (Å²) in [5, 5.41) is 4.23. The van der Waals surface area contributed by atoms with Crippen LogP contribution >= 0.6 is 0 Å². The quantitative estimate of drug-likeness (QED) is 0.875. The van der Waals surface area contributed by atoms with Crippen LogP contribution in [0, 0.1) is 5.41 Å². The molecule has 1 aromatic heterocycles. The van der Waals surface area contributed by atoms with E-state index in [4.69, 9.17) is 10.5 Å². The fraction of sp³-hybridized carbons (Fsp3) is 0.875. The van der Waals surface area contributed by atoms with Crippen LogP contribution < -0.4 is 5.73 Å². The van der Waals surface area contributed by atoms with Crippen molar-refractivity contribution in [1.29, 1.82) is 0 Å². The minimum Gasteiger partial charge on any atom is -0.374 e. The van der Waals surface area contributed by atoms with Gasteiger partial charge in [0.1, 0.15) is 12.2 Å². The van der Waals surface area contributed by atoms with Crippen molar-refractivity contribution in [3.8, 4) is 0 Å². The van der Waals surface area contributed by atoms with Crippen molar-refractivity contribution in [3.05, 3.63) is 12.2 Å². The standard InChI is InChI=1S/C16H30N4O/c1-5-20-14(18-12-19-20)11-13(17)16(21-6-2)9-7-15(3,4)8-10-16/h12-13H,5-11,17H2,1-4H3. The predicted octanol–water partition coefficient (Wildman–Crippen LogP) is 2.54. The Morgan fingerprint density at radius 1 is 1.29 bits per heavy atom. The zero-order valence-corrected chi connectivity index (χ0v) is 13.9. The maximum atomic E-state index is 6.57. The molecule has 2 N–H and O–H groups in total. The van der Waals surface area contributed by atoms with E-state index >= 15 is 0 Å². The van der Waals surface area contributed by atoms with Crippen LogP contribution in [0.25, 0.3) is 0 Å². The van der Waals surface area contributed by atoms with Crippen molar-refractivity contribution in [2.24, 2.45) is 11.1 Å². The van der Waals surface area contributed by atoms with Crippen LogP contribution in [0.2, 0.25) is 0 Å². The number of nitrogens with two attached hydrogens (primary N) is 1. The SMILES string of the molecule is CCOC1(C(N)Cc2ncnn2CC)CCC(C)(C)CC1. The van der Waals surface area contributed by atoms with Crippen molar-refractivity contribution in [3.63, 3.8) is 0 Å². The number of aromatic nitrogens is 3. The van der Waals surface area contributed by atoms with Gasteiger partial charge in [0.15, 0.2) is 0 Å². The fourth-order valence-electron chi connectivity index (χ4n) is 3.35. The highest BCUT2D eigenvalue weighted by Crippen LogP contribution is 2.43. The van der Waals surface area contributed by atoms with Gasteiger partial charge in [-0.15, -0.1) is 0 Å². The van der Waals surface area contributed by atoms with E-state index in [9.17, 15) is 0 Å². The minimum absolute atomic E-state index is 0.0250.